The van der Waals surface area contributed by atoms with Crippen molar-refractivity contribution >= 4 is 17.5 Å². The quantitative estimate of drug-likeness (QED) is 0.891. The molecule has 1 aromatic rings. The van der Waals surface area contributed by atoms with E-state index in [1.807, 2.05) is 24.3 Å². The molecule has 2 heterocycles. The lowest BCUT2D eigenvalue weighted by Crippen LogP contribution is -2.56. The Bertz CT molecular complexity index is 558. The number of hydrogen-bond donors (Lipinski definition) is 2. The fourth-order valence-corrected chi connectivity index (χ4v) is 3.83. The molecule has 1 amide bonds. The van der Waals surface area contributed by atoms with E-state index >= 15 is 0 Å². The summed E-state index contributed by atoms with van der Waals surface area (Å²) in [6.45, 7) is 5.30. The van der Waals surface area contributed by atoms with Gasteiger partial charge in [0.05, 0.1) is 5.41 Å². The number of hydrogen-bond acceptors (Lipinski definition) is 3. The number of amides is 1. The van der Waals surface area contributed by atoms with Crippen molar-refractivity contribution in [1.29, 1.82) is 0 Å². The van der Waals surface area contributed by atoms with Gasteiger partial charge < -0.3 is 15.4 Å². The predicted octanol–water partition coefficient (Wildman–Crippen LogP) is 2.50. The number of benzene rings is 1. The summed E-state index contributed by atoms with van der Waals surface area (Å²) < 4.78 is 5.51. The lowest BCUT2D eigenvalue weighted by molar-refractivity contribution is -0.131. The van der Waals surface area contributed by atoms with Gasteiger partial charge in [-0.3, -0.25) is 4.79 Å². The highest BCUT2D eigenvalue weighted by atomic mass is 35.5. The van der Waals surface area contributed by atoms with Crippen LogP contribution in [0, 0.1) is 5.92 Å². The smallest absolute Gasteiger partial charge is 0.231 e. The second-order valence-electron chi connectivity index (χ2n) is 6.75. The van der Waals surface area contributed by atoms with Crippen LogP contribution in [-0.2, 0) is 14.9 Å². The largest absolute Gasteiger partial charge is 0.381 e. The molecule has 0 bridgehead atoms. The third-order valence-corrected chi connectivity index (χ3v) is 5.54. The second kappa shape index (κ2) is 7.20. The number of ether oxygens (including phenoxy) is 1. The summed E-state index contributed by atoms with van der Waals surface area (Å²) in [5.41, 5.74) is 0.475. The van der Waals surface area contributed by atoms with E-state index in [1.54, 1.807) is 0 Å². The molecular formula is C18H25ClN2O2. The van der Waals surface area contributed by atoms with Crippen molar-refractivity contribution in [3.8, 4) is 0 Å². The van der Waals surface area contributed by atoms with E-state index in [1.165, 1.54) is 0 Å². The maximum atomic E-state index is 13.2. The van der Waals surface area contributed by atoms with Crippen molar-refractivity contribution in [3.05, 3.63) is 34.9 Å². The van der Waals surface area contributed by atoms with Gasteiger partial charge in [0.25, 0.3) is 0 Å². The molecule has 0 saturated carbocycles. The predicted molar refractivity (Wildman–Crippen MR) is 91.8 cm³/mol. The lowest BCUT2D eigenvalue weighted by atomic mass is 9.73. The van der Waals surface area contributed by atoms with E-state index in [9.17, 15) is 4.79 Å². The molecule has 0 spiro atoms. The van der Waals surface area contributed by atoms with Crippen LogP contribution in [-0.4, -0.2) is 38.3 Å². The van der Waals surface area contributed by atoms with Crippen molar-refractivity contribution in [3.63, 3.8) is 0 Å². The van der Waals surface area contributed by atoms with Crippen LogP contribution in [0.1, 0.15) is 31.7 Å². The molecule has 1 aromatic carbocycles. The first-order valence-electron chi connectivity index (χ1n) is 8.47. The van der Waals surface area contributed by atoms with Gasteiger partial charge in [-0.15, -0.1) is 0 Å². The van der Waals surface area contributed by atoms with Crippen molar-refractivity contribution < 1.29 is 9.53 Å². The Kier molecular flexibility index (Phi) is 5.24. The fourth-order valence-electron chi connectivity index (χ4n) is 3.64. The minimum atomic E-state index is -0.527. The van der Waals surface area contributed by atoms with Crippen LogP contribution >= 0.6 is 11.6 Å². The summed E-state index contributed by atoms with van der Waals surface area (Å²) in [6, 6.07) is 7.90. The summed E-state index contributed by atoms with van der Waals surface area (Å²) in [7, 11) is 0. The molecule has 2 aliphatic heterocycles. The Morgan fingerprint density at radius 2 is 2.17 bits per heavy atom. The van der Waals surface area contributed by atoms with Crippen molar-refractivity contribution in [2.45, 2.75) is 37.6 Å². The highest BCUT2D eigenvalue weighted by Crippen LogP contribution is 2.36. The molecule has 4 nitrogen and oxygen atoms in total. The Morgan fingerprint density at radius 1 is 1.39 bits per heavy atom. The zero-order chi connectivity index (χ0) is 16.3. The number of nitrogens with one attached hydrogen (secondary N) is 2. The second-order valence-corrected chi connectivity index (χ2v) is 7.19. The number of carbonyl (C=O) groups is 1. The standard InChI is InChI=1S/C18H25ClN2O2/c1-13-5-8-20-12-16(13)21-17(22)18(6-9-23-10-7-18)14-3-2-4-15(19)11-14/h2-4,11,13,16,20H,5-10,12H2,1H3,(H,21,22). The first-order chi connectivity index (χ1) is 11.1. The van der Waals surface area contributed by atoms with E-state index < -0.39 is 5.41 Å². The van der Waals surface area contributed by atoms with Gasteiger partial charge in [-0.2, -0.15) is 0 Å². The van der Waals surface area contributed by atoms with Crippen molar-refractivity contribution in [2.75, 3.05) is 26.3 Å². The minimum Gasteiger partial charge on any atom is -0.381 e. The number of piperidine rings is 1. The molecule has 5 heteroatoms. The van der Waals surface area contributed by atoms with Gasteiger partial charge in [-0.25, -0.2) is 0 Å². The van der Waals surface area contributed by atoms with Gasteiger partial charge in [0, 0.05) is 30.8 Å². The Labute approximate surface area is 142 Å². The van der Waals surface area contributed by atoms with Crippen LogP contribution in [0.25, 0.3) is 0 Å². The van der Waals surface area contributed by atoms with Crippen LogP contribution in [0.4, 0.5) is 0 Å². The Balaban J connectivity index is 1.84. The molecule has 2 fully saturated rings. The summed E-state index contributed by atoms with van der Waals surface area (Å²) in [5.74, 6) is 0.611. The van der Waals surface area contributed by atoms with Gasteiger partial charge in [0.2, 0.25) is 5.91 Å². The summed E-state index contributed by atoms with van der Waals surface area (Å²) in [5, 5.41) is 7.35. The molecule has 0 aromatic heterocycles. The van der Waals surface area contributed by atoms with Crippen LogP contribution in [0.2, 0.25) is 5.02 Å². The maximum absolute atomic E-state index is 13.2. The summed E-state index contributed by atoms with van der Waals surface area (Å²) in [6.07, 6.45) is 2.50. The van der Waals surface area contributed by atoms with Crippen molar-refractivity contribution in [2.24, 2.45) is 5.92 Å². The third-order valence-electron chi connectivity index (χ3n) is 5.30. The Hall–Kier alpha value is -1.10. The van der Waals surface area contributed by atoms with Crippen molar-refractivity contribution in [1.82, 2.24) is 10.6 Å². The third kappa shape index (κ3) is 3.54. The Morgan fingerprint density at radius 3 is 2.87 bits per heavy atom. The van der Waals surface area contributed by atoms with Gasteiger partial charge in [-0.1, -0.05) is 30.7 Å². The van der Waals surface area contributed by atoms with Crippen LogP contribution < -0.4 is 10.6 Å². The lowest BCUT2D eigenvalue weighted by Gasteiger charge is -2.39. The van der Waals surface area contributed by atoms with Crippen LogP contribution in [0.15, 0.2) is 24.3 Å². The molecule has 23 heavy (non-hydrogen) atoms. The molecule has 2 unspecified atom stereocenters. The number of carbonyl (C=O) groups excluding carboxylic acids is 1. The molecule has 2 atom stereocenters. The molecule has 2 N–H and O–H groups in total. The molecular weight excluding hydrogens is 312 g/mol. The van der Waals surface area contributed by atoms with E-state index in [4.69, 9.17) is 16.3 Å². The topological polar surface area (TPSA) is 50.4 Å². The maximum Gasteiger partial charge on any atom is 0.231 e. The van der Waals surface area contributed by atoms with Gasteiger partial charge >= 0.3 is 0 Å². The first-order valence-corrected chi connectivity index (χ1v) is 8.85. The molecule has 2 saturated heterocycles. The zero-order valence-corrected chi connectivity index (χ0v) is 14.4. The highest BCUT2D eigenvalue weighted by molar-refractivity contribution is 6.30. The average molecular weight is 337 g/mol. The van der Waals surface area contributed by atoms with Gasteiger partial charge in [-0.05, 0) is 49.4 Å². The fraction of sp³-hybridized carbons (Fsp3) is 0.611. The van der Waals surface area contributed by atoms with E-state index in [2.05, 4.69) is 17.6 Å². The van der Waals surface area contributed by atoms with Crippen LogP contribution in [0.3, 0.4) is 0 Å². The number of rotatable bonds is 3. The average Bonchev–Trinajstić information content (AvgIpc) is 2.57. The van der Waals surface area contributed by atoms with E-state index in [0.717, 1.165) is 25.1 Å². The van der Waals surface area contributed by atoms with E-state index in [-0.39, 0.29) is 11.9 Å². The zero-order valence-electron chi connectivity index (χ0n) is 13.6. The van der Waals surface area contributed by atoms with Gasteiger partial charge in [0.1, 0.15) is 0 Å². The normalized spacial score (nSPS) is 27.4. The summed E-state index contributed by atoms with van der Waals surface area (Å²) >= 11 is 6.17. The highest BCUT2D eigenvalue weighted by Gasteiger charge is 2.43. The van der Waals surface area contributed by atoms with Crippen LogP contribution in [0.5, 0.6) is 0 Å². The molecule has 126 valence electrons. The molecule has 3 rings (SSSR count). The van der Waals surface area contributed by atoms with Gasteiger partial charge in [0.15, 0.2) is 0 Å². The minimum absolute atomic E-state index is 0.114. The SMILES string of the molecule is CC1CCNCC1NC(=O)C1(c2cccc(Cl)c2)CCOCC1. The van der Waals surface area contributed by atoms with E-state index in [0.29, 0.717) is 37.0 Å². The monoisotopic (exact) mass is 336 g/mol. The first kappa shape index (κ1) is 16.7. The summed E-state index contributed by atoms with van der Waals surface area (Å²) in [4.78, 5) is 13.2. The molecule has 0 aliphatic carbocycles. The number of halogens is 1. The molecule has 0 radical (unpaired) electrons. The molecule has 2 aliphatic rings.